The number of amides is 1. The fourth-order valence-corrected chi connectivity index (χ4v) is 5.32. The van der Waals surface area contributed by atoms with Crippen LogP contribution < -0.4 is 0 Å². The summed E-state index contributed by atoms with van der Waals surface area (Å²) in [6, 6.07) is 21.8. The number of hydrogen-bond acceptors (Lipinski definition) is 5. The number of carbonyl (C=O) groups is 1. The van der Waals surface area contributed by atoms with Crippen LogP contribution in [0.3, 0.4) is 0 Å². The summed E-state index contributed by atoms with van der Waals surface area (Å²) in [5.74, 6) is -0.971. The fraction of sp³-hybridized carbons (Fsp3) is 0.261. The molecule has 30 heavy (non-hydrogen) atoms. The molecule has 0 saturated heterocycles. The summed E-state index contributed by atoms with van der Waals surface area (Å²) in [7, 11) is -3.77. The summed E-state index contributed by atoms with van der Waals surface area (Å²) in [6.07, 6.45) is 1.48. The molecule has 1 amide bonds. The molecule has 0 spiro atoms. The van der Waals surface area contributed by atoms with E-state index in [4.69, 9.17) is 13.5 Å². The topological polar surface area (TPSA) is 69.0 Å². The molecule has 0 radical (unpaired) electrons. The van der Waals surface area contributed by atoms with Crippen LogP contribution in [0.25, 0.3) is 0 Å². The lowest BCUT2D eigenvalue weighted by Gasteiger charge is -2.34. The molecular weight excluding hydrogens is 401 g/mol. The van der Waals surface area contributed by atoms with Gasteiger partial charge in [0.15, 0.2) is 5.78 Å². The van der Waals surface area contributed by atoms with Gasteiger partial charge in [-0.05, 0) is 43.7 Å². The van der Waals surface area contributed by atoms with Gasteiger partial charge in [0.25, 0.3) is 5.91 Å². The molecule has 0 aliphatic heterocycles. The number of hydrogen-bond donors (Lipinski definition) is 0. The lowest BCUT2D eigenvalue weighted by molar-refractivity contribution is 0.0657. The summed E-state index contributed by atoms with van der Waals surface area (Å²) in [4.78, 5) is 15.1. The van der Waals surface area contributed by atoms with Crippen LogP contribution in [-0.4, -0.2) is 24.0 Å². The SMILES string of the molecule is CCOP(=O)(OCC)C(c1ccco1)N(Cc1ccccc1)C(=O)c1ccccc1. The van der Waals surface area contributed by atoms with E-state index in [1.54, 1.807) is 50.2 Å². The molecule has 1 heterocycles. The monoisotopic (exact) mass is 427 g/mol. The number of rotatable bonds is 10. The molecule has 0 bridgehead atoms. The Kier molecular flexibility index (Phi) is 7.63. The van der Waals surface area contributed by atoms with Gasteiger partial charge in [0.1, 0.15) is 5.76 Å². The van der Waals surface area contributed by atoms with E-state index in [0.29, 0.717) is 11.3 Å². The molecule has 2 aromatic carbocycles. The van der Waals surface area contributed by atoms with Crippen LogP contribution in [0.2, 0.25) is 0 Å². The molecule has 6 nitrogen and oxygen atoms in total. The Labute approximate surface area is 177 Å². The van der Waals surface area contributed by atoms with Crippen LogP contribution in [0, 0.1) is 0 Å². The first-order valence-corrected chi connectivity index (χ1v) is 11.5. The van der Waals surface area contributed by atoms with Crippen molar-refractivity contribution in [3.05, 3.63) is 95.9 Å². The van der Waals surface area contributed by atoms with E-state index >= 15 is 0 Å². The van der Waals surface area contributed by atoms with Crippen molar-refractivity contribution < 1.29 is 22.8 Å². The average molecular weight is 427 g/mol. The number of nitrogens with zero attached hydrogens (tertiary/aromatic N) is 1. The normalized spacial score (nSPS) is 12.5. The number of benzene rings is 2. The van der Waals surface area contributed by atoms with E-state index in [2.05, 4.69) is 0 Å². The molecule has 1 atom stereocenters. The zero-order chi connectivity index (χ0) is 21.4. The summed E-state index contributed by atoms with van der Waals surface area (Å²) < 4.78 is 30.8. The molecule has 158 valence electrons. The van der Waals surface area contributed by atoms with E-state index in [0.717, 1.165) is 5.56 Å². The highest BCUT2D eigenvalue weighted by atomic mass is 31.2. The Morgan fingerprint density at radius 3 is 2.07 bits per heavy atom. The Balaban J connectivity index is 2.12. The maximum absolute atomic E-state index is 13.9. The summed E-state index contributed by atoms with van der Waals surface area (Å²) >= 11 is 0. The van der Waals surface area contributed by atoms with Gasteiger partial charge in [0.05, 0.1) is 19.5 Å². The minimum atomic E-state index is -3.77. The van der Waals surface area contributed by atoms with Crippen LogP contribution in [-0.2, 0) is 20.2 Å². The van der Waals surface area contributed by atoms with Gasteiger partial charge in [0, 0.05) is 12.1 Å². The third-order valence-corrected chi connectivity index (χ3v) is 6.86. The summed E-state index contributed by atoms with van der Waals surface area (Å²) in [6.45, 7) is 4.04. The number of furan rings is 1. The van der Waals surface area contributed by atoms with E-state index in [9.17, 15) is 9.36 Å². The maximum Gasteiger partial charge on any atom is 0.360 e. The average Bonchev–Trinajstić information content (AvgIpc) is 3.28. The van der Waals surface area contributed by atoms with Gasteiger partial charge in [0.2, 0.25) is 0 Å². The van der Waals surface area contributed by atoms with Crippen LogP contribution in [0.5, 0.6) is 0 Å². The Bertz CT molecular complexity index is 950. The largest absolute Gasteiger partial charge is 0.466 e. The highest BCUT2D eigenvalue weighted by molar-refractivity contribution is 7.54. The molecule has 3 aromatic rings. The first kappa shape index (κ1) is 22.0. The van der Waals surface area contributed by atoms with Crippen LogP contribution in [0.4, 0.5) is 0 Å². The molecule has 0 aliphatic carbocycles. The lowest BCUT2D eigenvalue weighted by atomic mass is 10.1. The Morgan fingerprint density at radius 1 is 0.933 bits per heavy atom. The predicted molar refractivity (Wildman–Crippen MR) is 115 cm³/mol. The van der Waals surface area contributed by atoms with E-state index < -0.39 is 13.4 Å². The molecule has 7 heteroatoms. The summed E-state index contributed by atoms with van der Waals surface area (Å²) in [5.41, 5.74) is 1.36. The van der Waals surface area contributed by atoms with Crippen molar-refractivity contribution in [3.63, 3.8) is 0 Å². The smallest absolute Gasteiger partial charge is 0.360 e. The molecule has 0 N–H and O–H groups in total. The predicted octanol–water partition coefficient (Wildman–Crippen LogP) is 5.89. The molecule has 0 saturated carbocycles. The van der Waals surface area contributed by atoms with Crippen LogP contribution in [0.15, 0.2) is 83.5 Å². The molecule has 1 unspecified atom stereocenters. The first-order chi connectivity index (χ1) is 14.6. The van der Waals surface area contributed by atoms with Gasteiger partial charge in [-0.25, -0.2) is 0 Å². The van der Waals surface area contributed by atoms with Gasteiger partial charge in [-0.15, -0.1) is 0 Å². The zero-order valence-corrected chi connectivity index (χ0v) is 18.0. The summed E-state index contributed by atoms with van der Waals surface area (Å²) in [5, 5.41) is 0. The van der Waals surface area contributed by atoms with Crippen molar-refractivity contribution in [1.82, 2.24) is 4.90 Å². The van der Waals surface area contributed by atoms with Crippen molar-refractivity contribution in [3.8, 4) is 0 Å². The van der Waals surface area contributed by atoms with Crippen LogP contribution >= 0.6 is 7.60 Å². The third kappa shape index (κ3) is 5.08. The van der Waals surface area contributed by atoms with Gasteiger partial charge in [-0.3, -0.25) is 9.36 Å². The minimum absolute atomic E-state index is 0.174. The highest BCUT2D eigenvalue weighted by Crippen LogP contribution is 2.62. The van der Waals surface area contributed by atoms with Gasteiger partial charge < -0.3 is 18.4 Å². The molecular formula is C23H26NO5P. The Morgan fingerprint density at radius 2 is 1.53 bits per heavy atom. The van der Waals surface area contributed by atoms with Gasteiger partial charge in [-0.1, -0.05) is 48.5 Å². The second-order valence-electron chi connectivity index (χ2n) is 6.55. The van der Waals surface area contributed by atoms with Crippen molar-refractivity contribution in [1.29, 1.82) is 0 Å². The van der Waals surface area contributed by atoms with Gasteiger partial charge in [-0.2, -0.15) is 0 Å². The van der Waals surface area contributed by atoms with Crippen molar-refractivity contribution in [2.24, 2.45) is 0 Å². The first-order valence-electron chi connectivity index (χ1n) is 9.91. The molecule has 0 aliphatic rings. The lowest BCUT2D eigenvalue weighted by Crippen LogP contribution is -2.35. The molecule has 0 fully saturated rings. The maximum atomic E-state index is 13.9. The minimum Gasteiger partial charge on any atom is -0.466 e. The van der Waals surface area contributed by atoms with Crippen molar-refractivity contribution >= 4 is 13.5 Å². The fourth-order valence-electron chi connectivity index (χ4n) is 3.25. The number of carbonyl (C=O) groups excluding carboxylic acids is 1. The zero-order valence-electron chi connectivity index (χ0n) is 17.1. The molecule has 3 rings (SSSR count). The third-order valence-electron chi connectivity index (χ3n) is 4.49. The highest BCUT2D eigenvalue weighted by Gasteiger charge is 2.45. The Hall–Kier alpha value is -2.66. The van der Waals surface area contributed by atoms with E-state index in [-0.39, 0.29) is 25.7 Å². The molecule has 1 aromatic heterocycles. The standard InChI is InChI=1S/C23H26NO5P/c1-3-28-30(26,29-4-2)23(21-16-11-17-27-21)24(18-19-12-7-5-8-13-19)22(25)20-14-9-6-10-15-20/h5-17,23H,3-4,18H2,1-2H3. The van der Waals surface area contributed by atoms with E-state index in [1.165, 1.54) is 11.2 Å². The second kappa shape index (κ2) is 10.4. The second-order valence-corrected chi connectivity index (χ2v) is 8.63. The van der Waals surface area contributed by atoms with Gasteiger partial charge >= 0.3 is 7.60 Å². The quantitative estimate of drug-likeness (QED) is 0.378. The van der Waals surface area contributed by atoms with Crippen molar-refractivity contribution in [2.45, 2.75) is 26.2 Å². The van der Waals surface area contributed by atoms with Crippen LogP contribution in [0.1, 0.15) is 41.3 Å². The van der Waals surface area contributed by atoms with E-state index in [1.807, 2.05) is 36.4 Å². The van der Waals surface area contributed by atoms with Crippen molar-refractivity contribution in [2.75, 3.05) is 13.2 Å².